The Morgan fingerprint density at radius 3 is 1.63 bits per heavy atom. The maximum Gasteiger partial charge on any atom is 0.345 e. The van der Waals surface area contributed by atoms with E-state index in [0.29, 0.717) is 25.0 Å². The molecule has 0 saturated heterocycles. The quantitative estimate of drug-likeness (QED) is 0.140. The number of carboxylic acids is 1. The van der Waals surface area contributed by atoms with Gasteiger partial charge in [-0.25, -0.2) is 22.4 Å². The Morgan fingerprint density at radius 2 is 1.14 bits per heavy atom. The van der Waals surface area contributed by atoms with Crippen LogP contribution in [0.3, 0.4) is 0 Å². The first-order valence-corrected chi connectivity index (χ1v) is 17.7. The molecule has 8 rings (SSSR count). The molecule has 0 unspecified atom stereocenters. The van der Waals surface area contributed by atoms with Crippen LogP contribution in [0.25, 0.3) is 40.3 Å². The lowest BCUT2D eigenvalue weighted by Crippen LogP contribution is -1.89. The van der Waals surface area contributed by atoms with Gasteiger partial charge in [0.15, 0.2) is 6.29 Å². The number of carbonyl (C=O) groups excluding carboxylic acids is 1. The number of hydrogen-bond acceptors (Lipinski definition) is 7. The van der Waals surface area contributed by atoms with Crippen LogP contribution in [0.4, 0.5) is 17.6 Å². The summed E-state index contributed by atoms with van der Waals surface area (Å²) < 4.78 is 54.7. The standard InChI is InChI=1S/C10H7FOS.C9H5FO2S.C9H7FOS.C9H7FS/c1-6-8(5-12)7-3-2-4-9(11)10(7)13-6;10-6-3-1-2-5-4-7(9(11)12)13-8(5)6;10-8-3-1-2-6-4-7(5-11)12-9(6)8;1-6-5-7-3-2-4-8(10)9(7)11-6/h2-5H,1H3;1-4H,(H,11,12);1-4,11H,5H2;2-5H,1H3. The van der Waals surface area contributed by atoms with E-state index in [1.54, 1.807) is 36.4 Å². The molecule has 0 saturated carbocycles. The van der Waals surface area contributed by atoms with Gasteiger partial charge < -0.3 is 10.2 Å². The molecule has 49 heavy (non-hydrogen) atoms. The molecule has 2 N–H and O–H groups in total. The highest BCUT2D eigenvalue weighted by molar-refractivity contribution is 7.21. The van der Waals surface area contributed by atoms with Gasteiger partial charge in [-0.2, -0.15) is 0 Å². The van der Waals surface area contributed by atoms with Crippen LogP contribution in [0.15, 0.2) is 91.0 Å². The lowest BCUT2D eigenvalue weighted by molar-refractivity contribution is 0.0702. The monoisotopic (exact) mass is 738 g/mol. The Kier molecular flexibility index (Phi) is 11.6. The van der Waals surface area contributed by atoms with E-state index in [4.69, 9.17) is 10.2 Å². The van der Waals surface area contributed by atoms with Gasteiger partial charge in [0.1, 0.15) is 28.1 Å². The van der Waals surface area contributed by atoms with Crippen molar-refractivity contribution in [2.45, 2.75) is 20.5 Å². The Hall–Kier alpha value is -4.46. The van der Waals surface area contributed by atoms with E-state index >= 15 is 0 Å². The molecule has 0 aliphatic rings. The summed E-state index contributed by atoms with van der Waals surface area (Å²) in [5, 5.41) is 20.7. The summed E-state index contributed by atoms with van der Waals surface area (Å²) in [6.45, 7) is 3.80. The van der Waals surface area contributed by atoms with Gasteiger partial charge in [-0.15, -0.1) is 45.3 Å². The molecule has 4 aromatic carbocycles. The number of aromatic carboxylic acids is 1. The number of halogens is 4. The third-order valence-corrected chi connectivity index (χ3v) is 11.5. The van der Waals surface area contributed by atoms with Gasteiger partial charge in [-0.1, -0.05) is 48.5 Å². The number of thiophene rings is 4. The van der Waals surface area contributed by atoms with Crippen molar-refractivity contribution < 1.29 is 37.4 Å². The normalized spacial score (nSPS) is 10.7. The van der Waals surface area contributed by atoms with E-state index in [9.17, 15) is 27.2 Å². The van der Waals surface area contributed by atoms with E-state index in [2.05, 4.69) is 0 Å². The van der Waals surface area contributed by atoms with Gasteiger partial charge >= 0.3 is 5.97 Å². The number of fused-ring (bicyclic) bond motifs is 4. The van der Waals surface area contributed by atoms with Crippen LogP contribution in [-0.4, -0.2) is 22.5 Å². The zero-order chi connectivity index (χ0) is 35.2. The molecule has 0 fully saturated rings. The molecule has 0 spiro atoms. The van der Waals surface area contributed by atoms with Crippen LogP contribution in [0.5, 0.6) is 0 Å². The second kappa shape index (κ2) is 15.8. The number of hydrogen-bond donors (Lipinski definition) is 2. The highest BCUT2D eigenvalue weighted by Gasteiger charge is 2.11. The van der Waals surface area contributed by atoms with Crippen molar-refractivity contribution in [3.8, 4) is 0 Å². The van der Waals surface area contributed by atoms with Crippen molar-refractivity contribution in [2.75, 3.05) is 0 Å². The lowest BCUT2D eigenvalue weighted by atomic mass is 10.1. The second-order valence-electron chi connectivity index (χ2n) is 10.4. The molecular weight excluding hydrogens is 713 g/mol. The van der Waals surface area contributed by atoms with E-state index in [-0.39, 0.29) is 34.8 Å². The Morgan fingerprint density at radius 1 is 0.653 bits per heavy atom. The zero-order valence-corrected chi connectivity index (χ0v) is 29.1. The number of rotatable bonds is 3. The number of aliphatic hydroxyl groups excluding tert-OH is 1. The minimum Gasteiger partial charge on any atom is -0.477 e. The summed E-state index contributed by atoms with van der Waals surface area (Å²) in [5.74, 6) is -1.95. The summed E-state index contributed by atoms with van der Waals surface area (Å²) in [4.78, 5) is 24.3. The third kappa shape index (κ3) is 8.23. The average molecular weight is 739 g/mol. The molecule has 4 heterocycles. The molecule has 0 amide bonds. The van der Waals surface area contributed by atoms with Gasteiger partial charge in [-0.3, -0.25) is 4.79 Å². The van der Waals surface area contributed by atoms with Gasteiger partial charge in [-0.05, 0) is 72.5 Å². The number of carboxylic acid groups (broad SMARTS) is 1. The summed E-state index contributed by atoms with van der Waals surface area (Å²) in [6, 6.07) is 24.8. The first kappa shape index (κ1) is 35.8. The maximum absolute atomic E-state index is 13.2. The van der Waals surface area contributed by atoms with Crippen molar-refractivity contribution in [3.63, 3.8) is 0 Å². The van der Waals surface area contributed by atoms with Crippen LogP contribution in [0.2, 0.25) is 0 Å². The Labute approximate surface area is 293 Å². The topological polar surface area (TPSA) is 74.6 Å². The Bertz CT molecular complexity index is 2420. The highest BCUT2D eigenvalue weighted by Crippen LogP contribution is 2.32. The molecule has 0 aliphatic heterocycles. The van der Waals surface area contributed by atoms with Crippen LogP contribution in [-0.2, 0) is 6.61 Å². The van der Waals surface area contributed by atoms with Gasteiger partial charge in [0.25, 0.3) is 0 Å². The molecule has 4 aromatic heterocycles. The van der Waals surface area contributed by atoms with Crippen LogP contribution >= 0.6 is 45.3 Å². The summed E-state index contributed by atoms with van der Waals surface area (Å²) in [7, 11) is 0. The van der Waals surface area contributed by atoms with Gasteiger partial charge in [0, 0.05) is 25.6 Å². The number of aliphatic hydroxyl groups is 1. The predicted molar refractivity (Wildman–Crippen MR) is 195 cm³/mol. The van der Waals surface area contributed by atoms with E-state index in [1.807, 2.05) is 38.1 Å². The van der Waals surface area contributed by atoms with Crippen molar-refractivity contribution in [3.05, 3.63) is 139 Å². The fraction of sp³-hybridized carbons (Fsp3) is 0.0811. The van der Waals surface area contributed by atoms with E-state index in [0.717, 1.165) is 53.1 Å². The van der Waals surface area contributed by atoms with Crippen molar-refractivity contribution in [1.29, 1.82) is 0 Å². The van der Waals surface area contributed by atoms with Crippen molar-refractivity contribution >= 4 is 97.9 Å². The molecule has 12 heteroatoms. The van der Waals surface area contributed by atoms with Crippen LogP contribution < -0.4 is 0 Å². The molecule has 0 aliphatic carbocycles. The summed E-state index contributed by atoms with van der Waals surface area (Å²) in [5.41, 5.74) is 0.611. The molecule has 250 valence electrons. The van der Waals surface area contributed by atoms with Crippen molar-refractivity contribution in [2.24, 2.45) is 0 Å². The Balaban J connectivity index is 0.000000128. The SMILES string of the molecule is Cc1cc2cccc(F)c2s1.Cc1sc2c(F)cccc2c1C=O.O=C(O)c1cc2cccc(F)c2s1.OCc1cc2cccc(F)c2s1. The van der Waals surface area contributed by atoms with Crippen molar-refractivity contribution in [1.82, 2.24) is 0 Å². The fourth-order valence-corrected chi connectivity index (χ4v) is 8.59. The smallest absolute Gasteiger partial charge is 0.345 e. The lowest BCUT2D eigenvalue weighted by Gasteiger charge is -1.90. The zero-order valence-electron chi connectivity index (χ0n) is 25.8. The van der Waals surface area contributed by atoms with Gasteiger partial charge in [0.05, 0.1) is 25.4 Å². The van der Waals surface area contributed by atoms with Gasteiger partial charge in [0.2, 0.25) is 0 Å². The molecule has 4 nitrogen and oxygen atoms in total. The minimum atomic E-state index is -1.01. The van der Waals surface area contributed by atoms with Crippen LogP contribution in [0, 0.1) is 37.1 Å². The number of benzene rings is 4. The number of carbonyl (C=O) groups is 2. The van der Waals surface area contributed by atoms with E-state index in [1.165, 1.54) is 64.3 Å². The fourth-order valence-electron chi connectivity index (χ4n) is 4.82. The second-order valence-corrected chi connectivity index (χ2v) is 15.1. The first-order chi connectivity index (χ1) is 23.5. The molecule has 0 bridgehead atoms. The summed E-state index contributed by atoms with van der Waals surface area (Å²) in [6.07, 6.45) is 0.785. The maximum atomic E-state index is 13.2. The molecule has 0 radical (unpaired) electrons. The third-order valence-electron chi connectivity index (χ3n) is 7.04. The first-order valence-electron chi connectivity index (χ1n) is 14.5. The number of aryl methyl sites for hydroxylation is 2. The minimum absolute atomic E-state index is 0.0151. The largest absolute Gasteiger partial charge is 0.477 e. The van der Waals surface area contributed by atoms with E-state index < -0.39 is 5.97 Å². The number of aldehydes is 1. The molecule has 8 aromatic rings. The van der Waals surface area contributed by atoms with Crippen LogP contribution in [0.1, 0.15) is 34.7 Å². The summed E-state index contributed by atoms with van der Waals surface area (Å²) >= 11 is 5.08. The molecular formula is C37H26F4O4S4. The predicted octanol–water partition coefficient (Wildman–Crippen LogP) is 11.8. The average Bonchev–Trinajstić information content (AvgIpc) is 3.86. The highest BCUT2D eigenvalue weighted by atomic mass is 32.1. The molecule has 0 atom stereocenters.